The Bertz CT molecular complexity index is 1360. The molecule has 4 rings (SSSR count). The lowest BCUT2D eigenvalue weighted by molar-refractivity contribution is -0.259. The van der Waals surface area contributed by atoms with Crippen LogP contribution in [0, 0.1) is 0 Å². The van der Waals surface area contributed by atoms with E-state index in [1.165, 1.54) is 0 Å². The van der Waals surface area contributed by atoms with Gasteiger partial charge in [-0.05, 0) is 37.9 Å². The number of carboxylic acids is 1. The van der Waals surface area contributed by atoms with Crippen LogP contribution in [0.5, 0.6) is 0 Å². The fourth-order valence-corrected chi connectivity index (χ4v) is 4.75. The molecule has 0 radical (unpaired) electrons. The van der Waals surface area contributed by atoms with E-state index in [0.29, 0.717) is 25.5 Å². The van der Waals surface area contributed by atoms with Crippen LogP contribution in [0.25, 0.3) is 0 Å². The molecule has 1 fully saturated rings. The average molecular weight is 554 g/mol. The Morgan fingerprint density at radius 3 is 2.23 bits per heavy atom. The summed E-state index contributed by atoms with van der Waals surface area (Å²) in [5, 5.41) is 22.8. The summed E-state index contributed by atoms with van der Waals surface area (Å²) in [6.45, 7) is 1.70. The number of hydrogen-bond acceptors (Lipinski definition) is 5. The molecule has 0 aromatic heterocycles. The van der Waals surface area contributed by atoms with Crippen molar-refractivity contribution >= 4 is 23.3 Å². The van der Waals surface area contributed by atoms with Gasteiger partial charge in [-0.15, -0.1) is 0 Å². The second kappa shape index (κ2) is 12.0. The number of nitrogens with one attached hydrogen (secondary N) is 1. The molecule has 3 aromatic carbocycles. The summed E-state index contributed by atoms with van der Waals surface area (Å²) >= 11 is 0. The minimum Gasteiger partial charge on any atom is -0.480 e. The second-order valence-corrected chi connectivity index (χ2v) is 9.88. The molecule has 3 atom stereocenters. The standard InChI is InChI=1S/C30H30F3N3O4/c1-29(40,30(31,32)33)26(28(38)39)35-25(21-13-6-3-7-14-21)22-15-8-9-16-23(22)34-27(37)24-17-10-18-36(24)19-20-11-4-2-5-12-20/h2-9,11-16,24,26,40H,10,17-19H2,1H3,(H,34,37)(H,38,39)/t24-,26+,29-/m0/s1. The van der Waals surface area contributed by atoms with E-state index in [1.807, 2.05) is 30.3 Å². The number of para-hydroxylation sites is 1. The number of carbonyl (C=O) groups is 2. The number of nitrogens with zero attached hydrogens (tertiary/aromatic N) is 2. The number of carbonyl (C=O) groups excluding carboxylic acids is 1. The smallest absolute Gasteiger partial charge is 0.419 e. The van der Waals surface area contributed by atoms with Crippen molar-refractivity contribution in [1.29, 1.82) is 0 Å². The Morgan fingerprint density at radius 2 is 1.60 bits per heavy atom. The van der Waals surface area contributed by atoms with Crippen LogP contribution in [-0.4, -0.2) is 63.1 Å². The van der Waals surface area contributed by atoms with Crippen LogP contribution in [0.1, 0.15) is 36.5 Å². The first-order valence-corrected chi connectivity index (χ1v) is 12.8. The highest BCUT2D eigenvalue weighted by atomic mass is 19.4. The highest BCUT2D eigenvalue weighted by Gasteiger charge is 2.58. The Balaban J connectivity index is 1.71. The van der Waals surface area contributed by atoms with E-state index in [4.69, 9.17) is 0 Å². The number of amides is 1. The minimum absolute atomic E-state index is 0.110. The first-order valence-electron chi connectivity index (χ1n) is 12.8. The van der Waals surface area contributed by atoms with Gasteiger partial charge in [0.1, 0.15) is 0 Å². The number of carboxylic acid groups (broad SMARTS) is 1. The molecular weight excluding hydrogens is 523 g/mol. The molecule has 1 amide bonds. The number of halogens is 3. The van der Waals surface area contributed by atoms with E-state index in [2.05, 4.69) is 15.2 Å². The zero-order valence-electron chi connectivity index (χ0n) is 21.8. The second-order valence-electron chi connectivity index (χ2n) is 9.88. The van der Waals surface area contributed by atoms with Crippen molar-refractivity contribution in [3.63, 3.8) is 0 Å². The van der Waals surface area contributed by atoms with Crippen molar-refractivity contribution in [2.45, 2.75) is 50.2 Å². The van der Waals surface area contributed by atoms with Gasteiger partial charge in [-0.25, -0.2) is 4.79 Å². The lowest BCUT2D eigenvalue weighted by Gasteiger charge is -2.30. The van der Waals surface area contributed by atoms with E-state index in [9.17, 15) is 33.0 Å². The molecule has 210 valence electrons. The largest absolute Gasteiger partial charge is 0.480 e. The number of rotatable bonds is 9. The van der Waals surface area contributed by atoms with Crippen LogP contribution >= 0.6 is 0 Å². The highest BCUT2D eigenvalue weighted by Crippen LogP contribution is 2.35. The van der Waals surface area contributed by atoms with Crippen LogP contribution in [0.15, 0.2) is 89.9 Å². The van der Waals surface area contributed by atoms with E-state index in [1.54, 1.807) is 54.6 Å². The van der Waals surface area contributed by atoms with Crippen molar-refractivity contribution in [2.24, 2.45) is 4.99 Å². The number of anilines is 1. The maximum absolute atomic E-state index is 13.7. The summed E-state index contributed by atoms with van der Waals surface area (Å²) < 4.78 is 41.0. The molecule has 7 nitrogen and oxygen atoms in total. The van der Waals surface area contributed by atoms with Gasteiger partial charge in [0.05, 0.1) is 17.4 Å². The van der Waals surface area contributed by atoms with Gasteiger partial charge >= 0.3 is 12.1 Å². The van der Waals surface area contributed by atoms with Crippen molar-refractivity contribution in [3.05, 3.63) is 102 Å². The third-order valence-electron chi connectivity index (χ3n) is 6.98. The molecule has 1 saturated heterocycles. The Labute approximate surface area is 230 Å². The monoisotopic (exact) mass is 553 g/mol. The number of benzene rings is 3. The number of aliphatic hydroxyl groups is 1. The molecule has 0 bridgehead atoms. The van der Waals surface area contributed by atoms with E-state index in [-0.39, 0.29) is 22.9 Å². The Morgan fingerprint density at radius 1 is 1.00 bits per heavy atom. The van der Waals surface area contributed by atoms with Gasteiger partial charge in [0.25, 0.3) is 0 Å². The van der Waals surface area contributed by atoms with E-state index >= 15 is 0 Å². The maximum atomic E-state index is 13.7. The molecule has 1 heterocycles. The molecule has 0 spiro atoms. The van der Waals surface area contributed by atoms with Gasteiger partial charge in [0, 0.05) is 17.7 Å². The third kappa shape index (κ3) is 6.40. The maximum Gasteiger partial charge on any atom is 0.419 e. The molecule has 40 heavy (non-hydrogen) atoms. The number of aliphatic imine (C=N–C) groups is 1. The lowest BCUT2D eigenvalue weighted by Crippen LogP contribution is -2.54. The fourth-order valence-electron chi connectivity index (χ4n) is 4.75. The molecule has 3 N–H and O–H groups in total. The molecule has 1 aliphatic heterocycles. The first-order chi connectivity index (χ1) is 19.0. The molecule has 0 saturated carbocycles. The van der Waals surface area contributed by atoms with E-state index in [0.717, 1.165) is 18.5 Å². The van der Waals surface area contributed by atoms with Gasteiger partial charge in [0.15, 0.2) is 11.6 Å². The van der Waals surface area contributed by atoms with E-state index < -0.39 is 29.8 Å². The quantitative estimate of drug-likeness (QED) is 0.328. The fraction of sp³-hybridized carbons (Fsp3) is 0.300. The Kier molecular flexibility index (Phi) is 8.70. The van der Waals surface area contributed by atoms with Gasteiger partial charge in [-0.2, -0.15) is 13.2 Å². The summed E-state index contributed by atoms with van der Waals surface area (Å²) in [6, 6.07) is 21.2. The number of likely N-dealkylation sites (tertiary alicyclic amines) is 1. The minimum atomic E-state index is -5.26. The molecule has 3 aromatic rings. The van der Waals surface area contributed by atoms with Crippen LogP contribution in [0.3, 0.4) is 0 Å². The van der Waals surface area contributed by atoms with Crippen molar-refractivity contribution in [3.8, 4) is 0 Å². The van der Waals surface area contributed by atoms with Crippen molar-refractivity contribution in [1.82, 2.24) is 4.90 Å². The van der Waals surface area contributed by atoms with Gasteiger partial charge < -0.3 is 15.5 Å². The Hall–Kier alpha value is -4.02. The summed E-state index contributed by atoms with van der Waals surface area (Å²) in [6.07, 6.45) is -3.80. The summed E-state index contributed by atoms with van der Waals surface area (Å²) in [7, 11) is 0. The van der Waals surface area contributed by atoms with Gasteiger partial charge in [-0.1, -0.05) is 78.9 Å². The number of aliphatic carboxylic acids is 1. The number of hydrogen-bond donors (Lipinski definition) is 3. The summed E-state index contributed by atoms with van der Waals surface area (Å²) in [5.74, 6) is -2.23. The molecule has 0 unspecified atom stereocenters. The average Bonchev–Trinajstić information content (AvgIpc) is 3.38. The molecular formula is C30H30F3N3O4. The van der Waals surface area contributed by atoms with Gasteiger partial charge in [0.2, 0.25) is 5.91 Å². The van der Waals surface area contributed by atoms with Crippen LogP contribution in [-0.2, 0) is 16.1 Å². The molecule has 0 aliphatic carbocycles. The highest BCUT2D eigenvalue weighted by molar-refractivity contribution is 6.17. The van der Waals surface area contributed by atoms with Crippen molar-refractivity contribution in [2.75, 3.05) is 11.9 Å². The lowest BCUT2D eigenvalue weighted by atomic mass is 9.94. The predicted octanol–water partition coefficient (Wildman–Crippen LogP) is 4.89. The number of alkyl halides is 3. The zero-order valence-corrected chi connectivity index (χ0v) is 21.8. The van der Waals surface area contributed by atoms with Gasteiger partial charge in [-0.3, -0.25) is 14.7 Å². The van der Waals surface area contributed by atoms with Crippen LogP contribution in [0.4, 0.5) is 18.9 Å². The van der Waals surface area contributed by atoms with Crippen molar-refractivity contribution < 1.29 is 33.0 Å². The predicted molar refractivity (Wildman–Crippen MR) is 145 cm³/mol. The zero-order chi connectivity index (χ0) is 28.9. The topological polar surface area (TPSA) is 102 Å². The third-order valence-corrected chi connectivity index (χ3v) is 6.98. The molecule has 10 heteroatoms. The summed E-state index contributed by atoms with van der Waals surface area (Å²) in [4.78, 5) is 31.5. The molecule has 1 aliphatic rings. The normalized spacial score (nSPS) is 18.6. The first kappa shape index (κ1) is 29.0. The van der Waals surface area contributed by atoms with Crippen LogP contribution in [0.2, 0.25) is 0 Å². The van der Waals surface area contributed by atoms with Crippen LogP contribution < -0.4 is 5.32 Å². The SMILES string of the molecule is C[C@](O)([C@H](N=C(c1ccccc1)c1ccccc1NC(=O)[C@@H]1CCCN1Cc1ccccc1)C(=O)O)C(F)(F)F. The summed E-state index contributed by atoms with van der Waals surface area (Å²) in [5.41, 5.74) is -1.89.